The fourth-order valence-electron chi connectivity index (χ4n) is 3.71. The lowest BCUT2D eigenvalue weighted by molar-refractivity contribution is -0.118. The van der Waals surface area contributed by atoms with E-state index in [2.05, 4.69) is 20.9 Å². The molecule has 1 atom stereocenters. The summed E-state index contributed by atoms with van der Waals surface area (Å²) < 4.78 is 0. The SMILES string of the molecule is CC(=O)Nc1cccc(NC(=O)C2CCCc3sc(NC(=O)c4ccc(C)cc4)nc32)c1. The third-order valence-corrected chi connectivity index (χ3v) is 6.30. The molecule has 4 rings (SSSR count). The highest BCUT2D eigenvalue weighted by Gasteiger charge is 2.30. The molecule has 0 fully saturated rings. The minimum absolute atomic E-state index is 0.146. The largest absolute Gasteiger partial charge is 0.326 e. The zero-order valence-corrected chi connectivity index (χ0v) is 18.7. The molecular weight excluding hydrogens is 424 g/mol. The first-order valence-electron chi connectivity index (χ1n) is 10.4. The third kappa shape index (κ3) is 5.03. The Morgan fingerprint density at radius 3 is 2.44 bits per heavy atom. The van der Waals surface area contributed by atoms with Crippen molar-refractivity contribution in [2.24, 2.45) is 0 Å². The minimum atomic E-state index is -0.385. The van der Waals surface area contributed by atoms with Gasteiger partial charge in [0.25, 0.3) is 5.91 Å². The molecule has 32 heavy (non-hydrogen) atoms. The van der Waals surface area contributed by atoms with Crippen LogP contribution in [0.3, 0.4) is 0 Å². The second-order valence-electron chi connectivity index (χ2n) is 7.84. The monoisotopic (exact) mass is 448 g/mol. The standard InChI is InChI=1S/C24H24N4O3S/c1-14-9-11-16(12-10-14)22(30)28-24-27-21-19(7-4-8-20(21)32-24)23(31)26-18-6-3-5-17(13-18)25-15(2)29/h3,5-6,9-13,19H,4,7-8H2,1-2H3,(H,25,29)(H,26,31)(H,27,28,30). The quantitative estimate of drug-likeness (QED) is 0.526. The zero-order valence-electron chi connectivity index (χ0n) is 17.9. The summed E-state index contributed by atoms with van der Waals surface area (Å²) in [5.74, 6) is -0.919. The van der Waals surface area contributed by atoms with Crippen LogP contribution in [0.4, 0.5) is 16.5 Å². The van der Waals surface area contributed by atoms with E-state index in [0.29, 0.717) is 28.5 Å². The van der Waals surface area contributed by atoms with Crippen molar-refractivity contribution in [3.8, 4) is 0 Å². The number of hydrogen-bond acceptors (Lipinski definition) is 5. The molecule has 1 unspecified atom stereocenters. The van der Waals surface area contributed by atoms with Crippen molar-refractivity contribution in [1.82, 2.24) is 4.98 Å². The van der Waals surface area contributed by atoms with Crippen LogP contribution < -0.4 is 16.0 Å². The molecule has 0 saturated heterocycles. The number of nitrogens with one attached hydrogen (secondary N) is 3. The van der Waals surface area contributed by atoms with Crippen LogP contribution in [0.2, 0.25) is 0 Å². The van der Waals surface area contributed by atoms with Gasteiger partial charge >= 0.3 is 0 Å². The molecule has 3 amide bonds. The summed E-state index contributed by atoms with van der Waals surface area (Å²) in [6.07, 6.45) is 2.42. The molecule has 0 aliphatic heterocycles. The van der Waals surface area contributed by atoms with Crippen molar-refractivity contribution >= 4 is 45.6 Å². The smallest absolute Gasteiger partial charge is 0.257 e. The van der Waals surface area contributed by atoms with Gasteiger partial charge in [-0.15, -0.1) is 11.3 Å². The number of benzene rings is 2. The Morgan fingerprint density at radius 1 is 1.00 bits per heavy atom. The van der Waals surface area contributed by atoms with E-state index >= 15 is 0 Å². The Bertz CT molecular complexity index is 1170. The van der Waals surface area contributed by atoms with Crippen LogP contribution in [0.15, 0.2) is 48.5 Å². The summed E-state index contributed by atoms with van der Waals surface area (Å²) in [7, 11) is 0. The van der Waals surface area contributed by atoms with Crippen molar-refractivity contribution in [1.29, 1.82) is 0 Å². The molecular formula is C24H24N4O3S. The Kier molecular flexibility index (Phi) is 6.32. The van der Waals surface area contributed by atoms with Crippen LogP contribution in [-0.2, 0) is 16.0 Å². The molecule has 2 aromatic carbocycles. The van der Waals surface area contributed by atoms with E-state index in [1.54, 1.807) is 36.4 Å². The average molecular weight is 449 g/mol. The Labute approximate surface area is 190 Å². The number of thiazole rings is 1. The lowest BCUT2D eigenvalue weighted by Crippen LogP contribution is -2.24. The number of carbonyl (C=O) groups is 3. The van der Waals surface area contributed by atoms with E-state index in [-0.39, 0.29) is 23.6 Å². The van der Waals surface area contributed by atoms with Gasteiger partial charge in [-0.2, -0.15) is 0 Å². The molecule has 1 heterocycles. The van der Waals surface area contributed by atoms with E-state index in [9.17, 15) is 14.4 Å². The Morgan fingerprint density at radius 2 is 1.72 bits per heavy atom. The third-order valence-electron chi connectivity index (χ3n) is 5.26. The van der Waals surface area contributed by atoms with Gasteiger partial charge in [-0.1, -0.05) is 23.8 Å². The normalized spacial score (nSPS) is 14.9. The molecule has 8 heteroatoms. The summed E-state index contributed by atoms with van der Waals surface area (Å²) in [4.78, 5) is 42.5. The van der Waals surface area contributed by atoms with Gasteiger partial charge in [0, 0.05) is 28.7 Å². The van der Waals surface area contributed by atoms with Crippen LogP contribution in [0.1, 0.15) is 52.2 Å². The number of hydrogen-bond donors (Lipinski definition) is 3. The van der Waals surface area contributed by atoms with E-state index < -0.39 is 0 Å². The topological polar surface area (TPSA) is 100 Å². The lowest BCUT2D eigenvalue weighted by atomic mass is 9.90. The van der Waals surface area contributed by atoms with Crippen LogP contribution in [0.5, 0.6) is 0 Å². The molecule has 0 spiro atoms. The van der Waals surface area contributed by atoms with Crippen molar-refractivity contribution in [2.45, 2.75) is 39.0 Å². The minimum Gasteiger partial charge on any atom is -0.326 e. The van der Waals surface area contributed by atoms with Crippen molar-refractivity contribution < 1.29 is 14.4 Å². The second-order valence-corrected chi connectivity index (χ2v) is 8.93. The van der Waals surface area contributed by atoms with Crippen LogP contribution in [-0.4, -0.2) is 22.7 Å². The fraction of sp³-hybridized carbons (Fsp3) is 0.250. The molecule has 1 aliphatic carbocycles. The molecule has 164 valence electrons. The maximum absolute atomic E-state index is 13.0. The summed E-state index contributed by atoms with van der Waals surface area (Å²) in [6, 6.07) is 14.4. The van der Waals surface area contributed by atoms with Gasteiger partial charge in [-0.25, -0.2) is 4.98 Å². The lowest BCUT2D eigenvalue weighted by Gasteiger charge is -2.20. The number of aryl methyl sites for hydroxylation is 2. The number of fused-ring (bicyclic) bond motifs is 1. The first-order chi connectivity index (χ1) is 15.4. The summed E-state index contributed by atoms with van der Waals surface area (Å²) in [5.41, 5.74) is 3.61. The van der Waals surface area contributed by atoms with Crippen molar-refractivity contribution in [2.75, 3.05) is 16.0 Å². The molecule has 3 N–H and O–H groups in total. The summed E-state index contributed by atoms with van der Waals surface area (Å²) >= 11 is 1.43. The predicted molar refractivity (Wildman–Crippen MR) is 126 cm³/mol. The van der Waals surface area contributed by atoms with Crippen LogP contribution in [0, 0.1) is 6.92 Å². The van der Waals surface area contributed by atoms with Crippen molar-refractivity contribution in [3.05, 3.63) is 70.2 Å². The number of rotatable bonds is 5. The highest BCUT2D eigenvalue weighted by molar-refractivity contribution is 7.16. The van der Waals surface area contributed by atoms with Crippen molar-refractivity contribution in [3.63, 3.8) is 0 Å². The molecule has 1 aliphatic rings. The first-order valence-corrected chi connectivity index (χ1v) is 11.3. The first kappa shape index (κ1) is 21.7. The van der Waals surface area contributed by atoms with Gasteiger partial charge in [0.2, 0.25) is 11.8 Å². The van der Waals surface area contributed by atoms with Gasteiger partial charge in [0.15, 0.2) is 5.13 Å². The highest BCUT2D eigenvalue weighted by atomic mass is 32.1. The van der Waals surface area contributed by atoms with Gasteiger partial charge < -0.3 is 10.6 Å². The summed E-state index contributed by atoms with van der Waals surface area (Å²) in [6.45, 7) is 3.41. The molecule has 0 radical (unpaired) electrons. The van der Waals surface area contributed by atoms with E-state index in [4.69, 9.17) is 0 Å². The van der Waals surface area contributed by atoms with Crippen LogP contribution in [0.25, 0.3) is 0 Å². The average Bonchev–Trinajstić information content (AvgIpc) is 3.16. The Balaban J connectivity index is 1.48. The van der Waals surface area contributed by atoms with Gasteiger partial charge in [0.05, 0.1) is 11.6 Å². The van der Waals surface area contributed by atoms with Gasteiger partial charge in [0.1, 0.15) is 0 Å². The van der Waals surface area contributed by atoms with E-state index in [0.717, 1.165) is 29.0 Å². The molecule has 1 aromatic heterocycles. The molecule has 0 bridgehead atoms. The number of carbonyl (C=O) groups excluding carboxylic acids is 3. The molecule has 0 saturated carbocycles. The number of aromatic nitrogens is 1. The van der Waals surface area contributed by atoms with Crippen LogP contribution >= 0.6 is 11.3 Å². The maximum atomic E-state index is 13.0. The fourth-order valence-corrected chi connectivity index (χ4v) is 4.77. The highest BCUT2D eigenvalue weighted by Crippen LogP contribution is 2.37. The number of nitrogens with zero attached hydrogens (tertiary/aromatic N) is 1. The second kappa shape index (κ2) is 9.32. The predicted octanol–water partition coefficient (Wildman–Crippen LogP) is 4.72. The maximum Gasteiger partial charge on any atom is 0.257 e. The Hall–Kier alpha value is -3.52. The molecule has 3 aromatic rings. The number of amides is 3. The summed E-state index contributed by atoms with van der Waals surface area (Å²) in [5, 5.41) is 9.02. The number of anilines is 3. The zero-order chi connectivity index (χ0) is 22.7. The molecule has 7 nitrogen and oxygen atoms in total. The van der Waals surface area contributed by atoms with E-state index in [1.165, 1.54) is 18.3 Å². The van der Waals surface area contributed by atoms with Gasteiger partial charge in [-0.3, -0.25) is 19.7 Å². The van der Waals surface area contributed by atoms with Gasteiger partial charge in [-0.05, 0) is 56.5 Å². The van der Waals surface area contributed by atoms with E-state index in [1.807, 2.05) is 19.1 Å².